The van der Waals surface area contributed by atoms with E-state index in [9.17, 15) is 26.4 Å². The van der Waals surface area contributed by atoms with Crippen molar-refractivity contribution in [3.05, 3.63) is 58.7 Å². The van der Waals surface area contributed by atoms with Gasteiger partial charge >= 0.3 is 15.6 Å². The molecule has 0 heterocycles. The lowest BCUT2D eigenvalue weighted by atomic mass is 10.1. The van der Waals surface area contributed by atoms with Crippen molar-refractivity contribution < 1.29 is 35.0 Å². The van der Waals surface area contributed by atoms with E-state index in [2.05, 4.69) is 43.4 Å². The molecule has 1 N–H and O–H groups in total. The van der Waals surface area contributed by atoms with Crippen LogP contribution in [0.3, 0.4) is 0 Å². The third kappa shape index (κ3) is 6.53. The van der Waals surface area contributed by atoms with Crippen molar-refractivity contribution in [2.24, 2.45) is 0 Å². The van der Waals surface area contributed by atoms with E-state index in [0.717, 1.165) is 11.3 Å². The number of halogens is 3. The lowest BCUT2D eigenvalue weighted by molar-refractivity contribution is -0.0500. The Morgan fingerprint density at radius 1 is 1.03 bits per heavy atom. The van der Waals surface area contributed by atoms with Gasteiger partial charge in [-0.2, -0.15) is 21.6 Å². The van der Waals surface area contributed by atoms with Crippen LogP contribution >= 0.6 is 0 Å². The van der Waals surface area contributed by atoms with Gasteiger partial charge in [-0.25, -0.2) is 0 Å². The van der Waals surface area contributed by atoms with Crippen LogP contribution < -0.4 is 13.9 Å². The molecule has 2 aromatic carbocycles. The van der Waals surface area contributed by atoms with Gasteiger partial charge in [-0.15, -0.1) is 0 Å². The Hall–Kier alpha value is -2.53. The van der Waals surface area contributed by atoms with Crippen molar-refractivity contribution in [2.45, 2.75) is 64.8 Å². The largest absolute Gasteiger partial charge is 0.543 e. The molecule has 0 atom stereocenters. The third-order valence-electron chi connectivity index (χ3n) is 5.73. The lowest BCUT2D eigenvalue weighted by Gasteiger charge is -2.36. The number of hydrogen-bond acceptors (Lipinski definition) is 5. The zero-order valence-corrected chi connectivity index (χ0v) is 22.1. The van der Waals surface area contributed by atoms with E-state index in [0.29, 0.717) is 0 Å². The standard InChI is InChI=1S/C23H30F3NO5SSi/c1-15-11-18(12-16(2)20(15)31-33(29,30)23(24,25)26)21(28)27-14-17-9-8-10-19(13-17)32-34(6,7)22(3,4)5/h8-13H,14H2,1-7H3,(H,27,28). The Balaban J connectivity index is 2.14. The highest BCUT2D eigenvalue weighted by molar-refractivity contribution is 7.88. The molecule has 0 fully saturated rings. The molecular formula is C23H30F3NO5SSi. The van der Waals surface area contributed by atoms with Gasteiger partial charge in [-0.3, -0.25) is 4.79 Å². The summed E-state index contributed by atoms with van der Waals surface area (Å²) in [6.45, 7) is 13.6. The van der Waals surface area contributed by atoms with Crippen molar-refractivity contribution in [3.8, 4) is 11.5 Å². The topological polar surface area (TPSA) is 81.7 Å². The molecule has 0 spiro atoms. The first-order chi connectivity index (χ1) is 15.3. The molecule has 1 amide bonds. The summed E-state index contributed by atoms with van der Waals surface area (Å²) in [5.74, 6) is -0.200. The van der Waals surface area contributed by atoms with Crippen LogP contribution in [0, 0.1) is 13.8 Å². The smallest absolute Gasteiger partial charge is 0.534 e. The number of amides is 1. The predicted molar refractivity (Wildman–Crippen MR) is 127 cm³/mol. The number of carbonyl (C=O) groups is 1. The normalized spacial score (nSPS) is 12.9. The summed E-state index contributed by atoms with van der Waals surface area (Å²) in [5, 5.41) is 2.79. The fraction of sp³-hybridized carbons (Fsp3) is 0.435. The molecule has 0 aromatic heterocycles. The molecule has 0 saturated heterocycles. The van der Waals surface area contributed by atoms with Crippen LogP contribution in [0.2, 0.25) is 18.1 Å². The number of rotatable bonds is 7. The third-order valence-corrected chi connectivity index (χ3v) is 11.0. The summed E-state index contributed by atoms with van der Waals surface area (Å²) < 4.78 is 71.2. The highest BCUT2D eigenvalue weighted by Crippen LogP contribution is 2.37. The van der Waals surface area contributed by atoms with E-state index in [4.69, 9.17) is 4.43 Å². The van der Waals surface area contributed by atoms with Crippen molar-refractivity contribution in [2.75, 3.05) is 0 Å². The van der Waals surface area contributed by atoms with Crippen LogP contribution in [0.15, 0.2) is 36.4 Å². The van der Waals surface area contributed by atoms with Gasteiger partial charge in [-0.05, 0) is 72.9 Å². The summed E-state index contributed by atoms with van der Waals surface area (Å²) in [7, 11) is -7.84. The molecular weight excluding hydrogens is 487 g/mol. The number of alkyl halides is 3. The molecule has 0 saturated carbocycles. The van der Waals surface area contributed by atoms with Crippen LogP contribution in [0.5, 0.6) is 11.5 Å². The second-order valence-electron chi connectivity index (χ2n) is 9.61. The molecule has 11 heteroatoms. The lowest BCUT2D eigenvalue weighted by Crippen LogP contribution is -2.43. The van der Waals surface area contributed by atoms with Crippen LogP contribution in [-0.4, -0.2) is 28.2 Å². The number of aryl methyl sites for hydroxylation is 2. The molecule has 34 heavy (non-hydrogen) atoms. The minimum atomic E-state index is -5.81. The maximum atomic E-state index is 12.6. The van der Waals surface area contributed by atoms with Gasteiger partial charge in [0.2, 0.25) is 8.32 Å². The minimum absolute atomic E-state index is 0.0300. The molecule has 0 bridgehead atoms. The Morgan fingerprint density at radius 2 is 1.59 bits per heavy atom. The van der Waals surface area contributed by atoms with E-state index in [1.165, 1.54) is 26.0 Å². The zero-order chi connectivity index (χ0) is 26.1. The Kier molecular flexibility index (Phi) is 7.83. The quantitative estimate of drug-likeness (QED) is 0.283. The SMILES string of the molecule is Cc1cc(C(=O)NCc2cccc(O[Si](C)(C)C(C)(C)C)c2)cc(C)c1OS(=O)(=O)C(F)(F)F. The Morgan fingerprint density at radius 3 is 2.09 bits per heavy atom. The molecule has 0 aliphatic rings. The second kappa shape index (κ2) is 9.61. The van der Waals surface area contributed by atoms with E-state index < -0.39 is 35.6 Å². The molecule has 6 nitrogen and oxygen atoms in total. The highest BCUT2D eigenvalue weighted by atomic mass is 32.2. The van der Waals surface area contributed by atoms with Crippen LogP contribution in [0.4, 0.5) is 13.2 Å². The van der Waals surface area contributed by atoms with Crippen molar-refractivity contribution in [1.29, 1.82) is 0 Å². The van der Waals surface area contributed by atoms with Crippen molar-refractivity contribution >= 4 is 24.3 Å². The maximum Gasteiger partial charge on any atom is 0.534 e. The van der Waals surface area contributed by atoms with E-state index in [-0.39, 0.29) is 28.3 Å². The number of carbonyl (C=O) groups excluding carboxylic acids is 1. The molecule has 0 unspecified atom stereocenters. The fourth-order valence-corrected chi connectivity index (χ4v) is 4.42. The molecule has 188 valence electrons. The van der Waals surface area contributed by atoms with Crippen molar-refractivity contribution in [3.63, 3.8) is 0 Å². The zero-order valence-electron chi connectivity index (χ0n) is 20.3. The van der Waals surface area contributed by atoms with Gasteiger partial charge in [0.15, 0.2) is 0 Å². The van der Waals surface area contributed by atoms with Crippen LogP contribution in [0.25, 0.3) is 0 Å². The Bertz CT molecular complexity index is 1150. The summed E-state index contributed by atoms with van der Waals surface area (Å²) in [4.78, 5) is 12.6. The van der Waals surface area contributed by atoms with Gasteiger partial charge in [0.25, 0.3) is 5.91 Å². The molecule has 0 aliphatic carbocycles. The number of hydrogen-bond donors (Lipinski definition) is 1. The van der Waals surface area contributed by atoms with E-state index in [1.54, 1.807) is 0 Å². The minimum Gasteiger partial charge on any atom is -0.543 e. The van der Waals surface area contributed by atoms with Gasteiger partial charge in [0.1, 0.15) is 11.5 Å². The summed E-state index contributed by atoms with van der Waals surface area (Å²) >= 11 is 0. The second-order valence-corrected chi connectivity index (χ2v) is 15.9. The average Bonchev–Trinajstić information content (AvgIpc) is 2.67. The first kappa shape index (κ1) is 27.7. The molecule has 2 rings (SSSR count). The molecule has 0 radical (unpaired) electrons. The number of nitrogens with one attached hydrogen (secondary N) is 1. The maximum absolute atomic E-state index is 12.6. The average molecular weight is 518 g/mol. The van der Waals surface area contributed by atoms with Gasteiger partial charge in [0, 0.05) is 12.1 Å². The number of benzene rings is 2. The Labute approximate surface area is 199 Å². The fourth-order valence-electron chi connectivity index (χ4n) is 2.82. The predicted octanol–water partition coefficient (Wildman–Crippen LogP) is 5.85. The molecule has 0 aliphatic heterocycles. The monoisotopic (exact) mass is 517 g/mol. The highest BCUT2D eigenvalue weighted by Gasteiger charge is 2.49. The van der Waals surface area contributed by atoms with Gasteiger partial charge in [0.05, 0.1) is 0 Å². The summed E-state index contributed by atoms with van der Waals surface area (Å²) in [5.41, 5.74) is -4.40. The summed E-state index contributed by atoms with van der Waals surface area (Å²) in [6, 6.07) is 9.96. The first-order valence-corrected chi connectivity index (χ1v) is 14.8. The van der Waals surface area contributed by atoms with Crippen LogP contribution in [0.1, 0.15) is 47.8 Å². The van der Waals surface area contributed by atoms with Crippen molar-refractivity contribution in [1.82, 2.24) is 5.32 Å². The van der Waals surface area contributed by atoms with E-state index >= 15 is 0 Å². The van der Waals surface area contributed by atoms with E-state index in [1.807, 2.05) is 24.3 Å². The summed E-state index contributed by atoms with van der Waals surface area (Å²) in [6.07, 6.45) is 0. The van der Waals surface area contributed by atoms with Gasteiger partial charge < -0.3 is 13.9 Å². The van der Waals surface area contributed by atoms with Gasteiger partial charge in [-0.1, -0.05) is 32.9 Å². The molecule has 2 aromatic rings. The first-order valence-electron chi connectivity index (χ1n) is 10.5. The van der Waals surface area contributed by atoms with Crippen LogP contribution in [-0.2, 0) is 16.7 Å².